The Morgan fingerprint density at radius 2 is 1.87 bits per heavy atom. The van der Waals surface area contributed by atoms with Crippen LogP contribution in [0.3, 0.4) is 0 Å². The van der Waals surface area contributed by atoms with Gasteiger partial charge in [-0.15, -0.1) is 0 Å². The standard InChI is InChI=1S/C17H11BrN2O3/c18-14-2-1-3-15(9-14)20-16(21)13(10-19)8-11-4-6-12(7-5-11)17(22)23/h1-9H,(H,20,21)(H,22,23)/p-1/b13-8+. The highest BCUT2D eigenvalue weighted by atomic mass is 79.9. The van der Waals surface area contributed by atoms with Gasteiger partial charge in [0.1, 0.15) is 11.6 Å². The van der Waals surface area contributed by atoms with E-state index in [0.29, 0.717) is 11.3 Å². The van der Waals surface area contributed by atoms with Crippen LogP contribution in [0.4, 0.5) is 5.69 Å². The zero-order valence-corrected chi connectivity index (χ0v) is 13.3. The van der Waals surface area contributed by atoms with Crippen LogP contribution in [0.25, 0.3) is 6.08 Å². The highest BCUT2D eigenvalue weighted by molar-refractivity contribution is 9.10. The molecule has 23 heavy (non-hydrogen) atoms. The first-order chi connectivity index (χ1) is 11.0. The zero-order chi connectivity index (χ0) is 16.8. The normalized spacial score (nSPS) is 10.7. The van der Waals surface area contributed by atoms with Crippen molar-refractivity contribution < 1.29 is 14.7 Å². The number of carboxylic acids is 1. The number of amides is 1. The lowest BCUT2D eigenvalue weighted by atomic mass is 10.1. The summed E-state index contributed by atoms with van der Waals surface area (Å²) in [5, 5.41) is 22.4. The van der Waals surface area contributed by atoms with Crippen molar-refractivity contribution in [1.82, 2.24) is 0 Å². The summed E-state index contributed by atoms with van der Waals surface area (Å²) in [6.07, 6.45) is 1.38. The molecule has 114 valence electrons. The molecule has 0 spiro atoms. The molecule has 0 bridgehead atoms. The Bertz CT molecular complexity index is 820. The molecule has 6 heteroatoms. The summed E-state index contributed by atoms with van der Waals surface area (Å²) < 4.78 is 0.802. The predicted octanol–water partition coefficient (Wildman–Crippen LogP) is 2.36. The molecular formula is C17H10BrN2O3-. The number of halogens is 1. The Balaban J connectivity index is 2.19. The third-order valence-electron chi connectivity index (χ3n) is 2.90. The third kappa shape index (κ3) is 4.53. The maximum Gasteiger partial charge on any atom is 0.266 e. The number of nitrogens with one attached hydrogen (secondary N) is 1. The molecule has 0 heterocycles. The first-order valence-corrected chi connectivity index (χ1v) is 7.29. The summed E-state index contributed by atoms with van der Waals surface area (Å²) >= 11 is 3.29. The van der Waals surface area contributed by atoms with Crippen molar-refractivity contribution >= 4 is 39.6 Å². The Hall–Kier alpha value is -2.91. The molecule has 2 aromatic carbocycles. The average molecular weight is 370 g/mol. The van der Waals surface area contributed by atoms with Crippen molar-refractivity contribution in [3.05, 3.63) is 69.7 Å². The first-order valence-electron chi connectivity index (χ1n) is 6.50. The lowest BCUT2D eigenvalue weighted by Gasteiger charge is -2.05. The van der Waals surface area contributed by atoms with Crippen molar-refractivity contribution in [2.45, 2.75) is 0 Å². The molecule has 1 amide bonds. The quantitative estimate of drug-likeness (QED) is 0.661. The Labute approximate surface area is 141 Å². The van der Waals surface area contributed by atoms with Gasteiger partial charge in [-0.25, -0.2) is 0 Å². The Morgan fingerprint density at radius 3 is 2.43 bits per heavy atom. The van der Waals surface area contributed by atoms with Crippen molar-refractivity contribution in [2.75, 3.05) is 5.32 Å². The number of hydrogen-bond donors (Lipinski definition) is 1. The number of carbonyl (C=O) groups is 2. The fourth-order valence-electron chi connectivity index (χ4n) is 1.80. The molecule has 0 aromatic heterocycles. The van der Waals surface area contributed by atoms with Crippen LogP contribution >= 0.6 is 15.9 Å². The molecule has 0 unspecified atom stereocenters. The maximum atomic E-state index is 12.1. The van der Waals surface area contributed by atoms with Gasteiger partial charge in [0.25, 0.3) is 5.91 Å². The van der Waals surface area contributed by atoms with E-state index in [2.05, 4.69) is 21.2 Å². The van der Waals surface area contributed by atoms with E-state index in [1.54, 1.807) is 18.2 Å². The van der Waals surface area contributed by atoms with Gasteiger partial charge in [-0.1, -0.05) is 46.3 Å². The van der Waals surface area contributed by atoms with Crippen molar-refractivity contribution in [1.29, 1.82) is 5.26 Å². The molecule has 0 atom stereocenters. The highest BCUT2D eigenvalue weighted by Crippen LogP contribution is 2.17. The minimum absolute atomic E-state index is 0.0271. The SMILES string of the molecule is N#C/C(=C\c1ccc(C(=O)[O-])cc1)C(=O)Nc1cccc(Br)c1. The van der Waals surface area contributed by atoms with Gasteiger partial charge >= 0.3 is 0 Å². The minimum Gasteiger partial charge on any atom is -0.545 e. The lowest BCUT2D eigenvalue weighted by Crippen LogP contribution is -2.21. The molecule has 0 saturated heterocycles. The number of aromatic carboxylic acids is 1. The second-order valence-electron chi connectivity index (χ2n) is 4.54. The van der Waals surface area contributed by atoms with Gasteiger partial charge in [-0.3, -0.25) is 4.79 Å². The molecular weight excluding hydrogens is 360 g/mol. The second-order valence-corrected chi connectivity index (χ2v) is 5.46. The van der Waals surface area contributed by atoms with E-state index >= 15 is 0 Å². The molecule has 0 saturated carbocycles. The molecule has 5 nitrogen and oxygen atoms in total. The smallest absolute Gasteiger partial charge is 0.266 e. The Morgan fingerprint density at radius 1 is 1.17 bits per heavy atom. The number of anilines is 1. The fraction of sp³-hybridized carbons (Fsp3) is 0. The van der Waals surface area contributed by atoms with Gasteiger partial charge in [-0.2, -0.15) is 5.26 Å². The lowest BCUT2D eigenvalue weighted by molar-refractivity contribution is -0.255. The molecule has 0 aliphatic carbocycles. The summed E-state index contributed by atoms with van der Waals surface area (Å²) in [6, 6.07) is 14.5. The third-order valence-corrected chi connectivity index (χ3v) is 3.40. The summed E-state index contributed by atoms with van der Waals surface area (Å²) in [5.41, 5.74) is 1.03. The van der Waals surface area contributed by atoms with Crippen LogP contribution in [-0.4, -0.2) is 11.9 Å². The molecule has 2 rings (SSSR count). The van der Waals surface area contributed by atoms with Crippen LogP contribution in [0.1, 0.15) is 15.9 Å². The second kappa shape index (κ2) is 7.38. The number of hydrogen-bond acceptors (Lipinski definition) is 4. The first kappa shape index (κ1) is 16.5. The van der Waals surface area contributed by atoms with Gasteiger partial charge in [-0.05, 0) is 35.4 Å². The molecule has 0 fully saturated rings. The van der Waals surface area contributed by atoms with Crippen LogP contribution in [-0.2, 0) is 4.79 Å². The van der Waals surface area contributed by atoms with E-state index in [9.17, 15) is 14.7 Å². The summed E-state index contributed by atoms with van der Waals surface area (Å²) in [4.78, 5) is 22.8. The largest absolute Gasteiger partial charge is 0.545 e. The summed E-state index contributed by atoms with van der Waals surface area (Å²) in [5.74, 6) is -1.83. The van der Waals surface area contributed by atoms with E-state index in [0.717, 1.165) is 4.47 Å². The van der Waals surface area contributed by atoms with Crippen LogP contribution < -0.4 is 10.4 Å². The number of carbonyl (C=O) groups excluding carboxylic acids is 2. The van der Waals surface area contributed by atoms with Gasteiger partial charge in [0.2, 0.25) is 0 Å². The maximum absolute atomic E-state index is 12.1. The van der Waals surface area contributed by atoms with E-state index in [1.807, 2.05) is 12.1 Å². The van der Waals surface area contributed by atoms with Gasteiger partial charge in [0.15, 0.2) is 0 Å². The van der Waals surface area contributed by atoms with Crippen molar-refractivity contribution in [3.8, 4) is 6.07 Å². The summed E-state index contributed by atoms with van der Waals surface area (Å²) in [7, 11) is 0. The van der Waals surface area contributed by atoms with E-state index in [-0.39, 0.29) is 11.1 Å². The number of rotatable bonds is 4. The minimum atomic E-state index is -1.28. The molecule has 1 N–H and O–H groups in total. The van der Waals surface area contributed by atoms with Gasteiger partial charge in [0.05, 0.1) is 5.97 Å². The van der Waals surface area contributed by atoms with Crippen LogP contribution in [0.15, 0.2) is 58.6 Å². The van der Waals surface area contributed by atoms with Crippen molar-refractivity contribution in [3.63, 3.8) is 0 Å². The van der Waals surface area contributed by atoms with E-state index in [1.165, 1.54) is 30.3 Å². The number of carboxylic acid groups (broad SMARTS) is 1. The molecule has 0 aliphatic rings. The molecule has 0 radical (unpaired) electrons. The van der Waals surface area contributed by atoms with Gasteiger partial charge in [0, 0.05) is 10.2 Å². The monoisotopic (exact) mass is 369 g/mol. The van der Waals surface area contributed by atoms with Gasteiger partial charge < -0.3 is 15.2 Å². The number of nitriles is 1. The average Bonchev–Trinajstić information content (AvgIpc) is 2.53. The predicted molar refractivity (Wildman–Crippen MR) is 87.1 cm³/mol. The highest BCUT2D eigenvalue weighted by Gasteiger charge is 2.09. The topological polar surface area (TPSA) is 93.0 Å². The van der Waals surface area contributed by atoms with E-state index in [4.69, 9.17) is 5.26 Å². The zero-order valence-electron chi connectivity index (χ0n) is 11.7. The van der Waals surface area contributed by atoms with Crippen molar-refractivity contribution in [2.24, 2.45) is 0 Å². The van der Waals surface area contributed by atoms with Crippen LogP contribution in [0.2, 0.25) is 0 Å². The molecule has 0 aliphatic heterocycles. The molecule has 2 aromatic rings. The number of nitrogens with zero attached hydrogens (tertiary/aromatic N) is 1. The van der Waals surface area contributed by atoms with E-state index < -0.39 is 11.9 Å². The fourth-order valence-corrected chi connectivity index (χ4v) is 2.19. The summed E-state index contributed by atoms with van der Waals surface area (Å²) in [6.45, 7) is 0. The van der Waals surface area contributed by atoms with Crippen LogP contribution in [0, 0.1) is 11.3 Å². The van der Waals surface area contributed by atoms with Crippen LogP contribution in [0.5, 0.6) is 0 Å². The number of benzene rings is 2. The Kier molecular flexibility index (Phi) is 5.28.